The highest BCUT2D eigenvalue weighted by Gasteiger charge is 2.54. The number of hydrogen-bond donors (Lipinski definition) is 1. The monoisotopic (exact) mass is 255 g/mol. The quantitative estimate of drug-likeness (QED) is 0.845. The van der Waals surface area contributed by atoms with Crippen LogP contribution >= 0.6 is 11.6 Å². The predicted molar refractivity (Wildman–Crippen MR) is 70.0 cm³/mol. The van der Waals surface area contributed by atoms with Crippen LogP contribution in [0.25, 0.3) is 0 Å². The van der Waals surface area contributed by atoms with Gasteiger partial charge in [0.15, 0.2) is 0 Å². The van der Waals surface area contributed by atoms with Gasteiger partial charge < -0.3 is 5.32 Å². The molecule has 0 spiro atoms. The average molecular weight is 256 g/mol. The van der Waals surface area contributed by atoms with E-state index in [1.807, 2.05) is 6.07 Å². The molecule has 2 atom stereocenters. The summed E-state index contributed by atoms with van der Waals surface area (Å²) in [5, 5.41) is 3.97. The van der Waals surface area contributed by atoms with Crippen molar-refractivity contribution in [2.45, 2.75) is 32.1 Å². The molecular formula is C14H19ClFN. The number of benzene rings is 1. The first kappa shape index (κ1) is 12.8. The van der Waals surface area contributed by atoms with Crippen molar-refractivity contribution in [3.8, 4) is 0 Å². The molecule has 0 amide bonds. The van der Waals surface area contributed by atoms with Crippen molar-refractivity contribution in [3.05, 3.63) is 34.6 Å². The minimum Gasteiger partial charge on any atom is -0.316 e. The Morgan fingerprint density at radius 2 is 2.24 bits per heavy atom. The van der Waals surface area contributed by atoms with E-state index < -0.39 is 0 Å². The average Bonchev–Trinajstić information content (AvgIpc) is 3.01. The number of hydrogen-bond acceptors (Lipinski definition) is 1. The van der Waals surface area contributed by atoms with Crippen LogP contribution in [0, 0.1) is 11.7 Å². The summed E-state index contributed by atoms with van der Waals surface area (Å²) in [5.41, 5.74) is 1.24. The third-order valence-corrected chi connectivity index (χ3v) is 4.20. The molecule has 1 aliphatic rings. The van der Waals surface area contributed by atoms with Gasteiger partial charge in [0, 0.05) is 17.0 Å². The molecule has 1 saturated carbocycles. The van der Waals surface area contributed by atoms with Crippen LogP contribution in [-0.2, 0) is 5.41 Å². The maximum absolute atomic E-state index is 13.1. The fourth-order valence-corrected chi connectivity index (χ4v) is 3.15. The third-order valence-electron chi connectivity index (χ3n) is 3.88. The van der Waals surface area contributed by atoms with Crippen molar-refractivity contribution in [1.82, 2.24) is 5.32 Å². The molecule has 0 aromatic heterocycles. The van der Waals surface area contributed by atoms with Gasteiger partial charge in [-0.1, -0.05) is 37.9 Å². The van der Waals surface area contributed by atoms with E-state index >= 15 is 0 Å². The Labute approximate surface area is 107 Å². The van der Waals surface area contributed by atoms with Gasteiger partial charge >= 0.3 is 0 Å². The molecule has 0 saturated heterocycles. The normalized spacial score (nSPS) is 27.2. The van der Waals surface area contributed by atoms with Crippen LogP contribution in [0.1, 0.15) is 32.3 Å². The van der Waals surface area contributed by atoms with E-state index in [1.165, 1.54) is 12.1 Å². The van der Waals surface area contributed by atoms with Crippen molar-refractivity contribution in [3.63, 3.8) is 0 Å². The van der Waals surface area contributed by atoms with E-state index in [9.17, 15) is 4.39 Å². The molecule has 0 heterocycles. The Hall–Kier alpha value is -0.600. The molecule has 1 N–H and O–H groups in total. The summed E-state index contributed by atoms with van der Waals surface area (Å²) in [6.07, 6.45) is 2.31. The number of nitrogens with one attached hydrogen (secondary N) is 1. The SMILES string of the molecule is CCNCC1(c2ccc(F)cc2Cl)CC1CC. The molecule has 1 aliphatic carbocycles. The van der Waals surface area contributed by atoms with Gasteiger partial charge in [0.2, 0.25) is 0 Å². The summed E-state index contributed by atoms with van der Waals surface area (Å²) < 4.78 is 13.1. The first-order chi connectivity index (χ1) is 8.14. The van der Waals surface area contributed by atoms with E-state index in [0.717, 1.165) is 31.5 Å². The van der Waals surface area contributed by atoms with Gasteiger partial charge in [-0.3, -0.25) is 0 Å². The van der Waals surface area contributed by atoms with Crippen LogP contribution < -0.4 is 5.32 Å². The van der Waals surface area contributed by atoms with Crippen LogP contribution in [0.15, 0.2) is 18.2 Å². The van der Waals surface area contributed by atoms with E-state index in [2.05, 4.69) is 19.2 Å². The lowest BCUT2D eigenvalue weighted by Crippen LogP contribution is -2.28. The lowest BCUT2D eigenvalue weighted by atomic mass is 9.92. The maximum atomic E-state index is 13.1. The third kappa shape index (κ3) is 2.34. The van der Waals surface area contributed by atoms with Gasteiger partial charge in [0.1, 0.15) is 5.82 Å². The molecule has 1 nitrogen and oxygen atoms in total. The summed E-state index contributed by atoms with van der Waals surface area (Å²) in [4.78, 5) is 0. The predicted octanol–water partition coefficient (Wildman–Crippen LogP) is 3.76. The lowest BCUT2D eigenvalue weighted by molar-refractivity contribution is 0.532. The molecule has 2 rings (SSSR count). The first-order valence-corrected chi connectivity index (χ1v) is 6.68. The highest BCUT2D eigenvalue weighted by molar-refractivity contribution is 6.31. The minimum atomic E-state index is -0.258. The Bertz CT molecular complexity index is 407. The standard InChI is InChI=1S/C14H19ClFN/c1-3-10-8-14(10,9-17-4-2)12-6-5-11(16)7-13(12)15/h5-7,10,17H,3-4,8-9H2,1-2H3. The van der Waals surface area contributed by atoms with Gasteiger partial charge in [-0.2, -0.15) is 0 Å². The second kappa shape index (κ2) is 4.95. The second-order valence-electron chi connectivity index (χ2n) is 4.87. The summed E-state index contributed by atoms with van der Waals surface area (Å²) in [5.74, 6) is 0.413. The van der Waals surface area contributed by atoms with Crippen molar-refractivity contribution in [2.75, 3.05) is 13.1 Å². The zero-order valence-corrected chi connectivity index (χ0v) is 11.1. The molecule has 0 bridgehead atoms. The molecule has 94 valence electrons. The van der Waals surface area contributed by atoms with Gasteiger partial charge in [0.25, 0.3) is 0 Å². The minimum absolute atomic E-state index is 0.134. The van der Waals surface area contributed by atoms with Crippen molar-refractivity contribution < 1.29 is 4.39 Å². The van der Waals surface area contributed by atoms with E-state index in [1.54, 1.807) is 0 Å². The molecule has 3 heteroatoms. The summed E-state index contributed by atoms with van der Waals surface area (Å²) in [6.45, 7) is 6.20. The number of likely N-dealkylation sites (N-methyl/N-ethyl adjacent to an activating group) is 1. The Kier molecular flexibility index (Phi) is 3.74. The van der Waals surface area contributed by atoms with Crippen LogP contribution in [0.2, 0.25) is 5.02 Å². The fraction of sp³-hybridized carbons (Fsp3) is 0.571. The van der Waals surface area contributed by atoms with Gasteiger partial charge in [-0.25, -0.2) is 4.39 Å². The van der Waals surface area contributed by atoms with Crippen molar-refractivity contribution >= 4 is 11.6 Å². The van der Waals surface area contributed by atoms with Crippen LogP contribution in [0.3, 0.4) is 0 Å². The summed E-state index contributed by atoms with van der Waals surface area (Å²) >= 11 is 6.19. The van der Waals surface area contributed by atoms with E-state index in [4.69, 9.17) is 11.6 Å². The molecule has 1 aromatic rings. The van der Waals surface area contributed by atoms with Crippen LogP contribution in [-0.4, -0.2) is 13.1 Å². The topological polar surface area (TPSA) is 12.0 Å². The summed E-state index contributed by atoms with van der Waals surface area (Å²) in [7, 11) is 0. The zero-order chi connectivity index (χ0) is 12.5. The molecule has 2 unspecified atom stereocenters. The molecule has 1 fully saturated rings. The molecular weight excluding hydrogens is 237 g/mol. The Morgan fingerprint density at radius 3 is 2.76 bits per heavy atom. The summed E-state index contributed by atoms with van der Waals surface area (Å²) in [6, 6.07) is 4.79. The molecule has 17 heavy (non-hydrogen) atoms. The van der Waals surface area contributed by atoms with E-state index in [0.29, 0.717) is 10.9 Å². The van der Waals surface area contributed by atoms with Crippen LogP contribution in [0.5, 0.6) is 0 Å². The van der Waals surface area contributed by atoms with Crippen molar-refractivity contribution in [2.24, 2.45) is 5.92 Å². The smallest absolute Gasteiger partial charge is 0.124 e. The lowest BCUT2D eigenvalue weighted by Gasteiger charge is -2.20. The Balaban J connectivity index is 2.28. The second-order valence-corrected chi connectivity index (χ2v) is 5.28. The maximum Gasteiger partial charge on any atom is 0.124 e. The highest BCUT2D eigenvalue weighted by Crippen LogP contribution is 2.57. The fourth-order valence-electron chi connectivity index (χ4n) is 2.80. The highest BCUT2D eigenvalue weighted by atomic mass is 35.5. The molecule has 0 aliphatic heterocycles. The van der Waals surface area contributed by atoms with Crippen LogP contribution in [0.4, 0.5) is 4.39 Å². The number of halogens is 2. The van der Waals surface area contributed by atoms with Gasteiger partial charge in [-0.05, 0) is 36.6 Å². The van der Waals surface area contributed by atoms with Gasteiger partial charge in [-0.15, -0.1) is 0 Å². The first-order valence-electron chi connectivity index (χ1n) is 6.30. The largest absolute Gasteiger partial charge is 0.316 e. The van der Waals surface area contributed by atoms with E-state index in [-0.39, 0.29) is 11.2 Å². The molecule has 1 aromatic carbocycles. The molecule has 0 radical (unpaired) electrons. The number of rotatable bonds is 5. The Morgan fingerprint density at radius 1 is 1.47 bits per heavy atom. The van der Waals surface area contributed by atoms with Crippen molar-refractivity contribution in [1.29, 1.82) is 0 Å². The zero-order valence-electron chi connectivity index (χ0n) is 10.4. The van der Waals surface area contributed by atoms with Gasteiger partial charge in [0.05, 0.1) is 0 Å².